The van der Waals surface area contributed by atoms with Crippen LogP contribution in [0.25, 0.3) is 11.0 Å². The van der Waals surface area contributed by atoms with Crippen molar-refractivity contribution in [3.05, 3.63) is 34.7 Å². The van der Waals surface area contributed by atoms with Gasteiger partial charge in [-0.2, -0.15) is 0 Å². The van der Waals surface area contributed by atoms with Crippen LogP contribution in [0.2, 0.25) is 0 Å². The number of fused-ring (bicyclic) bond motifs is 1. The maximum atomic E-state index is 11.9. The molecule has 1 heterocycles. The molecule has 1 aromatic carbocycles. The van der Waals surface area contributed by atoms with Gasteiger partial charge in [-0.3, -0.25) is 9.56 Å². The van der Waals surface area contributed by atoms with Gasteiger partial charge in [-0.05, 0) is 32.9 Å². The van der Waals surface area contributed by atoms with Crippen molar-refractivity contribution in [1.29, 1.82) is 0 Å². The summed E-state index contributed by atoms with van der Waals surface area (Å²) in [6.45, 7) is 6.99. The minimum atomic E-state index is -0.122. The van der Waals surface area contributed by atoms with Crippen LogP contribution in [0, 0.1) is 0 Å². The van der Waals surface area contributed by atoms with E-state index in [1.807, 2.05) is 45.0 Å². The number of guanidine groups is 1. The van der Waals surface area contributed by atoms with Crippen molar-refractivity contribution >= 4 is 17.0 Å². The van der Waals surface area contributed by atoms with Crippen LogP contribution in [-0.4, -0.2) is 27.6 Å². The van der Waals surface area contributed by atoms with E-state index in [2.05, 4.69) is 15.3 Å². The van der Waals surface area contributed by atoms with Gasteiger partial charge >= 0.3 is 5.69 Å². The van der Waals surface area contributed by atoms with Crippen LogP contribution >= 0.6 is 0 Å². The van der Waals surface area contributed by atoms with E-state index in [1.54, 1.807) is 4.57 Å². The molecule has 0 unspecified atom stereocenters. The van der Waals surface area contributed by atoms with Crippen LogP contribution in [0.15, 0.2) is 34.1 Å². The number of hydrogen-bond acceptors (Lipinski definition) is 2. The van der Waals surface area contributed by atoms with Gasteiger partial charge in [0, 0.05) is 12.1 Å². The summed E-state index contributed by atoms with van der Waals surface area (Å²) < 4.78 is 1.67. The summed E-state index contributed by atoms with van der Waals surface area (Å²) in [6.07, 6.45) is 0. The number of aromatic amines is 1. The molecule has 0 aliphatic carbocycles. The predicted molar refractivity (Wildman–Crippen MR) is 81.9 cm³/mol. The molecular formula is C14H21N5O. The third-order valence-corrected chi connectivity index (χ3v) is 2.79. The molecule has 108 valence electrons. The molecule has 0 saturated carbocycles. The maximum absolute atomic E-state index is 11.9. The Bertz CT molecular complexity index is 675. The van der Waals surface area contributed by atoms with E-state index in [9.17, 15) is 4.79 Å². The van der Waals surface area contributed by atoms with Crippen molar-refractivity contribution < 1.29 is 0 Å². The van der Waals surface area contributed by atoms with E-state index in [1.165, 1.54) is 0 Å². The van der Waals surface area contributed by atoms with Crippen molar-refractivity contribution in [2.45, 2.75) is 32.9 Å². The van der Waals surface area contributed by atoms with Crippen LogP contribution in [-0.2, 0) is 6.54 Å². The second-order valence-electron chi connectivity index (χ2n) is 5.74. The van der Waals surface area contributed by atoms with Gasteiger partial charge < -0.3 is 16.0 Å². The molecule has 1 aromatic heterocycles. The number of para-hydroxylation sites is 2. The standard InChI is InChI=1S/C14H21N5O/c1-14(2,3)18-12(15)16-8-9-19-11-7-5-4-6-10(11)17-13(19)20/h4-7H,8-9H2,1-3H3,(H,17,20)(H3,15,16,18). The fourth-order valence-corrected chi connectivity index (χ4v) is 2.02. The molecule has 4 N–H and O–H groups in total. The Morgan fingerprint density at radius 3 is 2.80 bits per heavy atom. The molecule has 2 rings (SSSR count). The summed E-state index contributed by atoms with van der Waals surface area (Å²) in [5.74, 6) is 0.394. The van der Waals surface area contributed by atoms with E-state index < -0.39 is 0 Å². The molecule has 6 heteroatoms. The third-order valence-electron chi connectivity index (χ3n) is 2.79. The van der Waals surface area contributed by atoms with Crippen LogP contribution < -0.4 is 16.7 Å². The number of hydrogen-bond donors (Lipinski definition) is 3. The Balaban J connectivity index is 2.08. The number of aliphatic imine (C=N–C) groups is 1. The number of nitrogens with one attached hydrogen (secondary N) is 2. The Hall–Kier alpha value is -2.24. The Labute approximate surface area is 117 Å². The number of rotatable bonds is 3. The molecular weight excluding hydrogens is 254 g/mol. The topological polar surface area (TPSA) is 88.2 Å². The molecule has 0 aliphatic heterocycles. The first-order valence-electron chi connectivity index (χ1n) is 6.62. The van der Waals surface area contributed by atoms with Crippen molar-refractivity contribution in [3.63, 3.8) is 0 Å². The molecule has 0 atom stereocenters. The van der Waals surface area contributed by atoms with Crippen LogP contribution in [0.4, 0.5) is 0 Å². The smallest absolute Gasteiger partial charge is 0.326 e. The average Bonchev–Trinajstić information content (AvgIpc) is 2.64. The highest BCUT2D eigenvalue weighted by Gasteiger charge is 2.10. The molecule has 2 aromatic rings. The zero-order valence-electron chi connectivity index (χ0n) is 12.1. The lowest BCUT2D eigenvalue weighted by Gasteiger charge is -2.20. The first-order valence-corrected chi connectivity index (χ1v) is 6.62. The van der Waals surface area contributed by atoms with E-state index >= 15 is 0 Å². The molecule has 0 amide bonds. The summed E-state index contributed by atoms with van der Waals surface area (Å²) in [5, 5.41) is 3.08. The second-order valence-corrected chi connectivity index (χ2v) is 5.74. The van der Waals surface area contributed by atoms with Crippen LogP contribution in [0.1, 0.15) is 20.8 Å². The molecule has 0 saturated heterocycles. The van der Waals surface area contributed by atoms with E-state index in [0.29, 0.717) is 19.0 Å². The van der Waals surface area contributed by atoms with Gasteiger partial charge in [0.1, 0.15) is 0 Å². The average molecular weight is 275 g/mol. The lowest BCUT2D eigenvalue weighted by molar-refractivity contribution is 0.507. The highest BCUT2D eigenvalue weighted by Crippen LogP contribution is 2.08. The van der Waals surface area contributed by atoms with Gasteiger partial charge in [-0.1, -0.05) is 12.1 Å². The third kappa shape index (κ3) is 3.40. The monoisotopic (exact) mass is 275 g/mol. The highest BCUT2D eigenvalue weighted by atomic mass is 16.1. The van der Waals surface area contributed by atoms with Gasteiger partial charge in [0.25, 0.3) is 0 Å². The largest absolute Gasteiger partial charge is 0.370 e. The number of benzene rings is 1. The quantitative estimate of drug-likeness (QED) is 0.577. The second kappa shape index (κ2) is 5.40. The Morgan fingerprint density at radius 1 is 1.40 bits per heavy atom. The summed E-state index contributed by atoms with van der Waals surface area (Å²) in [7, 11) is 0. The summed E-state index contributed by atoms with van der Waals surface area (Å²) >= 11 is 0. The van der Waals surface area contributed by atoms with E-state index in [0.717, 1.165) is 11.0 Å². The van der Waals surface area contributed by atoms with Gasteiger partial charge in [-0.15, -0.1) is 0 Å². The van der Waals surface area contributed by atoms with Crippen molar-refractivity contribution in [3.8, 4) is 0 Å². The summed E-state index contributed by atoms with van der Waals surface area (Å²) in [6, 6.07) is 7.59. The summed E-state index contributed by atoms with van der Waals surface area (Å²) in [4.78, 5) is 18.9. The Kier molecular flexibility index (Phi) is 3.83. The maximum Gasteiger partial charge on any atom is 0.326 e. The van der Waals surface area contributed by atoms with Gasteiger partial charge in [0.2, 0.25) is 0 Å². The van der Waals surface area contributed by atoms with Crippen molar-refractivity contribution in [2.24, 2.45) is 10.7 Å². The fourth-order valence-electron chi connectivity index (χ4n) is 2.02. The zero-order valence-corrected chi connectivity index (χ0v) is 12.1. The van der Waals surface area contributed by atoms with E-state index in [-0.39, 0.29) is 11.2 Å². The lowest BCUT2D eigenvalue weighted by atomic mass is 10.1. The normalized spacial score (nSPS) is 12.8. The molecule has 0 bridgehead atoms. The predicted octanol–water partition coefficient (Wildman–Crippen LogP) is 1.03. The number of H-pyrrole nitrogens is 1. The first-order chi connectivity index (χ1) is 9.37. The number of nitrogens with zero attached hydrogens (tertiary/aromatic N) is 2. The van der Waals surface area contributed by atoms with Crippen LogP contribution in [0.3, 0.4) is 0 Å². The molecule has 6 nitrogen and oxygen atoms in total. The highest BCUT2D eigenvalue weighted by molar-refractivity contribution is 5.78. The van der Waals surface area contributed by atoms with Crippen molar-refractivity contribution in [2.75, 3.05) is 6.54 Å². The molecule has 20 heavy (non-hydrogen) atoms. The Morgan fingerprint density at radius 2 is 2.10 bits per heavy atom. The number of aromatic nitrogens is 2. The molecule has 0 fully saturated rings. The molecule has 0 radical (unpaired) electrons. The number of imidazole rings is 1. The van der Waals surface area contributed by atoms with Crippen molar-refractivity contribution in [1.82, 2.24) is 14.9 Å². The fraction of sp³-hybridized carbons (Fsp3) is 0.429. The molecule has 0 aliphatic rings. The lowest BCUT2D eigenvalue weighted by Crippen LogP contribution is -2.45. The zero-order chi connectivity index (χ0) is 14.8. The minimum Gasteiger partial charge on any atom is -0.370 e. The van der Waals surface area contributed by atoms with Gasteiger partial charge in [-0.25, -0.2) is 4.79 Å². The number of nitrogens with two attached hydrogens (primary N) is 1. The van der Waals surface area contributed by atoms with Gasteiger partial charge in [0.05, 0.1) is 17.6 Å². The summed E-state index contributed by atoms with van der Waals surface area (Å²) in [5.41, 5.74) is 7.27. The SMILES string of the molecule is CC(C)(C)NC(N)=NCCn1c(=O)[nH]c2ccccc21. The first kappa shape index (κ1) is 14.2. The van der Waals surface area contributed by atoms with Gasteiger partial charge in [0.15, 0.2) is 5.96 Å². The van der Waals surface area contributed by atoms with Crippen LogP contribution in [0.5, 0.6) is 0 Å². The molecule has 0 spiro atoms. The minimum absolute atomic E-state index is 0.120. The van der Waals surface area contributed by atoms with E-state index in [4.69, 9.17) is 5.73 Å².